The Kier molecular flexibility index (Phi) is 4.90. The quantitative estimate of drug-likeness (QED) is 0.385. The maximum atomic E-state index is 12.8. The van der Waals surface area contributed by atoms with E-state index in [0.29, 0.717) is 6.54 Å². The van der Waals surface area contributed by atoms with Crippen molar-refractivity contribution in [1.82, 2.24) is 4.57 Å². The number of anilines is 1. The van der Waals surface area contributed by atoms with Gasteiger partial charge in [0.1, 0.15) is 0 Å². The number of aryl methyl sites for hydroxylation is 4. The molecule has 0 bridgehead atoms. The van der Waals surface area contributed by atoms with Crippen LogP contribution in [0.4, 0.5) is 5.69 Å². The zero-order chi connectivity index (χ0) is 22.6. The lowest BCUT2D eigenvalue weighted by atomic mass is 9.94. The van der Waals surface area contributed by atoms with Gasteiger partial charge < -0.3 is 4.57 Å². The van der Waals surface area contributed by atoms with Crippen LogP contribution in [0.2, 0.25) is 0 Å². The van der Waals surface area contributed by atoms with Crippen LogP contribution >= 0.6 is 0 Å². The lowest BCUT2D eigenvalue weighted by Crippen LogP contribution is -2.31. The van der Waals surface area contributed by atoms with Gasteiger partial charge in [-0.1, -0.05) is 60.2 Å². The van der Waals surface area contributed by atoms with Crippen molar-refractivity contribution in [3.05, 3.63) is 77.4 Å². The summed E-state index contributed by atoms with van der Waals surface area (Å²) in [5.74, 6) is 0. The Morgan fingerprint density at radius 1 is 0.844 bits per heavy atom. The third kappa shape index (κ3) is 3.23. The molecular weight excluding hydrogens is 416 g/mol. The van der Waals surface area contributed by atoms with Crippen LogP contribution in [-0.4, -0.2) is 25.8 Å². The first-order valence-corrected chi connectivity index (χ1v) is 12.9. The van der Waals surface area contributed by atoms with Crippen molar-refractivity contribution in [2.45, 2.75) is 33.7 Å². The molecule has 0 aliphatic carbocycles. The molecule has 0 fully saturated rings. The third-order valence-corrected chi connectivity index (χ3v) is 7.70. The van der Waals surface area contributed by atoms with Gasteiger partial charge in [0.15, 0.2) is 0 Å². The van der Waals surface area contributed by atoms with Crippen molar-refractivity contribution in [3.63, 3.8) is 0 Å². The van der Waals surface area contributed by atoms with E-state index in [-0.39, 0.29) is 0 Å². The summed E-state index contributed by atoms with van der Waals surface area (Å²) in [5, 5.41) is 1.14. The number of aromatic nitrogens is 1. The van der Waals surface area contributed by atoms with Crippen molar-refractivity contribution in [3.8, 4) is 22.4 Å². The third-order valence-electron chi connectivity index (χ3n) is 6.54. The summed E-state index contributed by atoms with van der Waals surface area (Å²) in [7, 11) is -3.39. The fourth-order valence-corrected chi connectivity index (χ4v) is 6.17. The molecule has 1 aromatic heterocycles. The van der Waals surface area contributed by atoms with Crippen LogP contribution in [0.5, 0.6) is 0 Å². The average Bonchev–Trinajstić information content (AvgIpc) is 2.90. The number of nitrogens with zero attached hydrogens (tertiary/aromatic N) is 2. The smallest absolute Gasteiger partial charge is 0.232 e. The van der Waals surface area contributed by atoms with Crippen LogP contribution in [0, 0.1) is 20.8 Å². The Morgan fingerprint density at radius 2 is 1.53 bits per heavy atom. The van der Waals surface area contributed by atoms with Gasteiger partial charge in [-0.15, -0.1) is 0 Å². The molecule has 32 heavy (non-hydrogen) atoms. The molecule has 0 N–H and O–H groups in total. The molecule has 5 heteroatoms. The standard InChI is InChI=1S/C27H28N2O2S/c1-18-11-13-21(14-12-18)23-17-19(2)25-27-24(23)20(3)26(22-9-6-5-7-10-22)28(27)15-8-16-29(25)32(4,30)31/h5-7,9-14,17H,8,15-16H2,1-4H3. The van der Waals surface area contributed by atoms with Gasteiger partial charge in [-0.25, -0.2) is 8.42 Å². The van der Waals surface area contributed by atoms with E-state index in [1.165, 1.54) is 23.1 Å². The van der Waals surface area contributed by atoms with Gasteiger partial charge in [0.05, 0.1) is 23.2 Å². The fourth-order valence-electron chi connectivity index (χ4n) is 5.15. The Hall–Kier alpha value is -3.05. The van der Waals surface area contributed by atoms with Crippen LogP contribution in [0.3, 0.4) is 0 Å². The van der Waals surface area contributed by atoms with Crippen molar-refractivity contribution in [1.29, 1.82) is 0 Å². The molecule has 1 aliphatic heterocycles. The number of benzene rings is 3. The highest BCUT2D eigenvalue weighted by Crippen LogP contribution is 2.46. The first kappa shape index (κ1) is 20.8. The van der Waals surface area contributed by atoms with E-state index in [4.69, 9.17) is 0 Å². The molecule has 0 amide bonds. The molecule has 3 aromatic carbocycles. The molecule has 0 atom stereocenters. The summed E-state index contributed by atoms with van der Waals surface area (Å²) in [6, 6.07) is 21.2. The number of hydrogen-bond acceptors (Lipinski definition) is 2. The second-order valence-electron chi connectivity index (χ2n) is 8.86. The maximum absolute atomic E-state index is 12.8. The topological polar surface area (TPSA) is 42.3 Å². The monoisotopic (exact) mass is 444 g/mol. The van der Waals surface area contributed by atoms with Gasteiger partial charge in [-0.2, -0.15) is 0 Å². The highest BCUT2D eigenvalue weighted by Gasteiger charge is 2.30. The average molecular weight is 445 g/mol. The second kappa shape index (κ2) is 7.52. The predicted molar refractivity (Wildman–Crippen MR) is 134 cm³/mol. The maximum Gasteiger partial charge on any atom is 0.232 e. The molecule has 2 heterocycles. The molecular formula is C27H28N2O2S. The Labute approximate surface area is 190 Å². The minimum Gasteiger partial charge on any atom is -0.338 e. The van der Waals surface area contributed by atoms with Crippen LogP contribution in [0.1, 0.15) is 23.1 Å². The molecule has 1 aliphatic rings. The van der Waals surface area contributed by atoms with Crippen LogP contribution < -0.4 is 4.31 Å². The van der Waals surface area contributed by atoms with E-state index in [1.54, 1.807) is 4.31 Å². The van der Waals surface area contributed by atoms with Gasteiger partial charge in [0, 0.05) is 18.5 Å². The first-order chi connectivity index (χ1) is 15.3. The summed E-state index contributed by atoms with van der Waals surface area (Å²) in [6.07, 6.45) is 2.08. The van der Waals surface area contributed by atoms with Crippen molar-refractivity contribution in [2.24, 2.45) is 0 Å². The van der Waals surface area contributed by atoms with Crippen molar-refractivity contribution < 1.29 is 8.42 Å². The first-order valence-electron chi connectivity index (χ1n) is 11.0. The second-order valence-corrected chi connectivity index (χ2v) is 10.8. The molecule has 0 saturated heterocycles. The van der Waals surface area contributed by atoms with Crippen LogP contribution in [0.25, 0.3) is 33.3 Å². The number of hydrogen-bond donors (Lipinski definition) is 0. The lowest BCUT2D eigenvalue weighted by molar-refractivity contribution is 0.593. The normalized spacial score (nSPS) is 14.1. The SMILES string of the molecule is Cc1ccc(-c2cc(C)c3c4c2c(C)c(-c2ccccc2)n4CCCN3S(C)(=O)=O)cc1. The minimum atomic E-state index is -3.39. The molecule has 0 spiro atoms. The van der Waals surface area contributed by atoms with E-state index < -0.39 is 10.0 Å². The Balaban J connectivity index is 1.96. The minimum absolute atomic E-state index is 0.494. The summed E-state index contributed by atoms with van der Waals surface area (Å²) in [6.45, 7) is 7.57. The number of rotatable bonds is 3. The lowest BCUT2D eigenvalue weighted by Gasteiger charge is -2.24. The zero-order valence-electron chi connectivity index (χ0n) is 19.0. The molecule has 0 saturated carbocycles. The van der Waals surface area contributed by atoms with E-state index in [9.17, 15) is 8.42 Å². The fraction of sp³-hybridized carbons (Fsp3) is 0.259. The van der Waals surface area contributed by atoms with E-state index in [0.717, 1.165) is 51.8 Å². The summed E-state index contributed by atoms with van der Waals surface area (Å²) >= 11 is 0. The highest BCUT2D eigenvalue weighted by molar-refractivity contribution is 7.92. The summed E-state index contributed by atoms with van der Waals surface area (Å²) in [5.41, 5.74) is 9.89. The van der Waals surface area contributed by atoms with Gasteiger partial charge in [-0.3, -0.25) is 4.31 Å². The zero-order valence-corrected chi connectivity index (χ0v) is 19.8. The van der Waals surface area contributed by atoms with Crippen LogP contribution in [-0.2, 0) is 16.6 Å². The van der Waals surface area contributed by atoms with Gasteiger partial charge in [0.25, 0.3) is 0 Å². The Bertz CT molecular complexity index is 1430. The predicted octanol–water partition coefficient (Wildman–Crippen LogP) is 6.07. The summed E-state index contributed by atoms with van der Waals surface area (Å²) < 4.78 is 29.6. The summed E-state index contributed by atoms with van der Waals surface area (Å²) in [4.78, 5) is 0. The van der Waals surface area contributed by atoms with Crippen molar-refractivity contribution >= 4 is 26.6 Å². The van der Waals surface area contributed by atoms with Gasteiger partial charge in [0.2, 0.25) is 10.0 Å². The number of sulfonamides is 1. The van der Waals surface area contributed by atoms with Crippen molar-refractivity contribution in [2.75, 3.05) is 17.1 Å². The van der Waals surface area contributed by atoms with Gasteiger partial charge >= 0.3 is 0 Å². The highest BCUT2D eigenvalue weighted by atomic mass is 32.2. The Morgan fingerprint density at radius 3 is 2.19 bits per heavy atom. The molecule has 164 valence electrons. The molecule has 5 rings (SSSR count). The van der Waals surface area contributed by atoms with E-state index in [1.807, 2.05) is 13.0 Å². The largest absolute Gasteiger partial charge is 0.338 e. The van der Waals surface area contributed by atoms with E-state index in [2.05, 4.69) is 73.0 Å². The van der Waals surface area contributed by atoms with Gasteiger partial charge in [-0.05, 0) is 61.1 Å². The van der Waals surface area contributed by atoms with E-state index >= 15 is 0 Å². The molecule has 4 nitrogen and oxygen atoms in total. The molecule has 0 unspecified atom stereocenters. The molecule has 4 aromatic rings. The molecule has 0 radical (unpaired) electrons. The van der Waals surface area contributed by atoms with Crippen LogP contribution in [0.15, 0.2) is 60.7 Å².